The second-order valence-electron chi connectivity index (χ2n) is 5.72. The van der Waals surface area contributed by atoms with Gasteiger partial charge in [0.25, 0.3) is 0 Å². The largest absolute Gasteiger partial charge is 0.361 e. The summed E-state index contributed by atoms with van der Waals surface area (Å²) in [5, 5.41) is 13.8. The first-order valence-electron chi connectivity index (χ1n) is 7.55. The van der Waals surface area contributed by atoms with Gasteiger partial charge in [0.2, 0.25) is 0 Å². The first-order valence-corrected chi connectivity index (χ1v) is 7.55. The van der Waals surface area contributed by atoms with Gasteiger partial charge in [-0.2, -0.15) is 5.26 Å². The summed E-state index contributed by atoms with van der Waals surface area (Å²) >= 11 is 0. The molecule has 3 heteroatoms. The van der Waals surface area contributed by atoms with Crippen molar-refractivity contribution in [2.24, 2.45) is 5.92 Å². The van der Waals surface area contributed by atoms with E-state index in [1.165, 1.54) is 30.2 Å². The molecule has 2 atom stereocenters. The molecule has 0 radical (unpaired) electrons. The van der Waals surface area contributed by atoms with Crippen LogP contribution in [0.5, 0.6) is 0 Å². The van der Waals surface area contributed by atoms with Gasteiger partial charge in [0, 0.05) is 17.1 Å². The predicted molar refractivity (Wildman–Crippen MR) is 81.6 cm³/mol. The highest BCUT2D eigenvalue weighted by atomic mass is 14.8. The van der Waals surface area contributed by atoms with Gasteiger partial charge in [0.15, 0.2) is 0 Å². The van der Waals surface area contributed by atoms with E-state index in [1.807, 2.05) is 18.2 Å². The molecule has 1 fully saturated rings. The predicted octanol–water partition coefficient (Wildman–Crippen LogP) is 3.53. The van der Waals surface area contributed by atoms with Gasteiger partial charge in [-0.3, -0.25) is 0 Å². The summed E-state index contributed by atoms with van der Waals surface area (Å²) in [5.74, 6) is 1.34. The first-order chi connectivity index (χ1) is 9.83. The Labute approximate surface area is 120 Å². The Morgan fingerprint density at radius 3 is 3.10 bits per heavy atom. The lowest BCUT2D eigenvalue weighted by molar-refractivity contribution is 0.452. The summed E-state index contributed by atoms with van der Waals surface area (Å²) in [5.41, 5.74) is 3.30. The van der Waals surface area contributed by atoms with Crippen molar-refractivity contribution in [1.82, 2.24) is 10.3 Å². The molecule has 1 heterocycles. The Balaban J connectivity index is 1.94. The van der Waals surface area contributed by atoms with E-state index >= 15 is 0 Å². The van der Waals surface area contributed by atoms with E-state index in [4.69, 9.17) is 5.26 Å². The van der Waals surface area contributed by atoms with Crippen LogP contribution >= 0.6 is 0 Å². The molecule has 0 saturated heterocycles. The molecule has 3 nitrogen and oxygen atoms in total. The molecule has 1 aliphatic carbocycles. The normalized spacial score (nSPS) is 22.2. The fourth-order valence-corrected chi connectivity index (χ4v) is 3.54. The Morgan fingerprint density at radius 1 is 1.40 bits per heavy atom. The van der Waals surface area contributed by atoms with Crippen molar-refractivity contribution in [3.05, 3.63) is 35.5 Å². The van der Waals surface area contributed by atoms with Crippen LogP contribution in [0.15, 0.2) is 24.4 Å². The minimum Gasteiger partial charge on any atom is -0.361 e. The number of hydrogen-bond acceptors (Lipinski definition) is 2. The maximum atomic E-state index is 9.09. The van der Waals surface area contributed by atoms with Crippen LogP contribution < -0.4 is 5.32 Å². The molecule has 104 valence electrons. The standard InChI is InChI=1S/C17H21N3/c1-2-19-10-13-4-3-5-14(13)16-11-20-17-7-6-12(9-18)8-15(16)17/h6-8,11,13-14,19-20H,2-5,10H2,1H3/t13-,14+/m0/s1. The highest BCUT2D eigenvalue weighted by Gasteiger charge is 2.29. The van der Waals surface area contributed by atoms with E-state index in [9.17, 15) is 0 Å². The number of nitriles is 1. The summed E-state index contributed by atoms with van der Waals surface area (Å²) in [4.78, 5) is 3.36. The van der Waals surface area contributed by atoms with Crippen LogP contribution in [0.2, 0.25) is 0 Å². The van der Waals surface area contributed by atoms with Gasteiger partial charge in [-0.1, -0.05) is 13.3 Å². The maximum absolute atomic E-state index is 9.09. The highest BCUT2D eigenvalue weighted by molar-refractivity contribution is 5.85. The second-order valence-corrected chi connectivity index (χ2v) is 5.72. The molecule has 2 aromatic rings. The zero-order chi connectivity index (χ0) is 13.9. The third-order valence-corrected chi connectivity index (χ3v) is 4.56. The van der Waals surface area contributed by atoms with Gasteiger partial charge in [-0.25, -0.2) is 0 Å². The van der Waals surface area contributed by atoms with E-state index in [1.54, 1.807) is 0 Å². The number of hydrogen-bond donors (Lipinski definition) is 2. The number of H-pyrrole nitrogens is 1. The third kappa shape index (κ3) is 2.32. The first kappa shape index (κ1) is 13.2. The monoisotopic (exact) mass is 267 g/mol. The van der Waals surface area contributed by atoms with E-state index in [-0.39, 0.29) is 0 Å². The average Bonchev–Trinajstić information content (AvgIpc) is 3.10. The van der Waals surface area contributed by atoms with Crippen LogP contribution in [-0.4, -0.2) is 18.1 Å². The molecule has 0 unspecified atom stereocenters. The zero-order valence-corrected chi connectivity index (χ0v) is 11.9. The quantitative estimate of drug-likeness (QED) is 0.890. The van der Waals surface area contributed by atoms with Gasteiger partial charge in [-0.05, 0) is 61.5 Å². The van der Waals surface area contributed by atoms with Crippen molar-refractivity contribution in [3.63, 3.8) is 0 Å². The summed E-state index contributed by atoms with van der Waals surface area (Å²) < 4.78 is 0. The number of benzene rings is 1. The number of aromatic nitrogens is 1. The Bertz CT molecular complexity index is 635. The fraction of sp³-hybridized carbons (Fsp3) is 0.471. The SMILES string of the molecule is CCNC[C@@H]1CCC[C@H]1c1c[nH]c2ccc(C#N)cc12. The van der Waals surface area contributed by atoms with Crippen LogP contribution in [0, 0.1) is 17.2 Å². The minimum atomic E-state index is 0.622. The molecule has 1 saturated carbocycles. The third-order valence-electron chi connectivity index (χ3n) is 4.56. The molecule has 3 rings (SSSR count). The number of fused-ring (bicyclic) bond motifs is 1. The molecule has 20 heavy (non-hydrogen) atoms. The number of rotatable bonds is 4. The van der Waals surface area contributed by atoms with E-state index in [0.29, 0.717) is 5.92 Å². The van der Waals surface area contributed by atoms with Crippen molar-refractivity contribution >= 4 is 10.9 Å². The van der Waals surface area contributed by atoms with Crippen LogP contribution in [-0.2, 0) is 0 Å². The maximum Gasteiger partial charge on any atom is 0.0991 e. The molecule has 0 aliphatic heterocycles. The topological polar surface area (TPSA) is 51.6 Å². The van der Waals surface area contributed by atoms with Gasteiger partial charge < -0.3 is 10.3 Å². The van der Waals surface area contributed by atoms with Gasteiger partial charge >= 0.3 is 0 Å². The van der Waals surface area contributed by atoms with Crippen molar-refractivity contribution in [2.75, 3.05) is 13.1 Å². The van der Waals surface area contributed by atoms with Crippen molar-refractivity contribution in [1.29, 1.82) is 5.26 Å². The van der Waals surface area contributed by atoms with Gasteiger partial charge in [0.1, 0.15) is 0 Å². The van der Waals surface area contributed by atoms with Crippen LogP contribution in [0.3, 0.4) is 0 Å². The summed E-state index contributed by atoms with van der Waals surface area (Å²) in [6, 6.07) is 8.18. The molecule has 1 aromatic heterocycles. The molecular formula is C17H21N3. The Kier molecular flexibility index (Phi) is 3.75. The number of nitrogens with zero attached hydrogens (tertiary/aromatic N) is 1. The molecule has 0 bridgehead atoms. The molecule has 0 amide bonds. The molecule has 1 aromatic carbocycles. The van der Waals surface area contributed by atoms with Gasteiger partial charge in [0.05, 0.1) is 11.6 Å². The van der Waals surface area contributed by atoms with E-state index < -0.39 is 0 Å². The molecular weight excluding hydrogens is 246 g/mol. The Morgan fingerprint density at radius 2 is 2.30 bits per heavy atom. The lowest BCUT2D eigenvalue weighted by Gasteiger charge is -2.19. The van der Waals surface area contributed by atoms with Crippen molar-refractivity contribution in [3.8, 4) is 6.07 Å². The number of nitrogens with one attached hydrogen (secondary N) is 2. The summed E-state index contributed by atoms with van der Waals surface area (Å²) in [6.45, 7) is 4.30. The summed E-state index contributed by atoms with van der Waals surface area (Å²) in [7, 11) is 0. The van der Waals surface area contributed by atoms with E-state index in [2.05, 4.69) is 29.5 Å². The number of aromatic amines is 1. The van der Waals surface area contributed by atoms with Gasteiger partial charge in [-0.15, -0.1) is 0 Å². The molecule has 2 N–H and O–H groups in total. The zero-order valence-electron chi connectivity index (χ0n) is 11.9. The lowest BCUT2D eigenvalue weighted by atomic mass is 9.88. The minimum absolute atomic E-state index is 0.622. The van der Waals surface area contributed by atoms with E-state index in [0.717, 1.165) is 30.1 Å². The molecule has 0 spiro atoms. The lowest BCUT2D eigenvalue weighted by Crippen LogP contribution is -2.24. The highest BCUT2D eigenvalue weighted by Crippen LogP contribution is 2.42. The average molecular weight is 267 g/mol. The van der Waals surface area contributed by atoms with Crippen molar-refractivity contribution < 1.29 is 0 Å². The fourth-order valence-electron chi connectivity index (χ4n) is 3.54. The smallest absolute Gasteiger partial charge is 0.0991 e. The second kappa shape index (κ2) is 5.68. The van der Waals surface area contributed by atoms with Crippen LogP contribution in [0.4, 0.5) is 0 Å². The van der Waals surface area contributed by atoms with Crippen LogP contribution in [0.25, 0.3) is 10.9 Å². The van der Waals surface area contributed by atoms with Crippen LogP contribution in [0.1, 0.15) is 43.2 Å². The Hall–Kier alpha value is -1.79. The molecule has 1 aliphatic rings. The summed E-state index contributed by atoms with van der Waals surface area (Å²) in [6.07, 6.45) is 6.04. The van der Waals surface area contributed by atoms with Crippen molar-refractivity contribution in [2.45, 2.75) is 32.1 Å².